The number of benzene rings is 1. The smallest absolute Gasteiger partial charge is 0.263 e. The minimum Gasteiger partial charge on any atom is -0.376 e. The predicted molar refractivity (Wildman–Crippen MR) is 121 cm³/mol. The van der Waals surface area contributed by atoms with Gasteiger partial charge in [0.05, 0.1) is 35.4 Å². The average molecular weight is 440 g/mol. The Kier molecular flexibility index (Phi) is 6.17. The fourth-order valence-corrected chi connectivity index (χ4v) is 5.68. The lowest BCUT2D eigenvalue weighted by Gasteiger charge is -2.36. The van der Waals surface area contributed by atoms with Gasteiger partial charge in [-0.2, -0.15) is 0 Å². The number of rotatable bonds is 4. The first-order valence-electron chi connectivity index (χ1n) is 12.3. The molecular formula is C25H33N3O4. The number of hydrogen-bond acceptors (Lipinski definition) is 5. The molecule has 0 aromatic heterocycles. The number of carbonyl (C=O) groups is 3. The quantitative estimate of drug-likeness (QED) is 0.675. The molecular weight excluding hydrogens is 406 g/mol. The van der Waals surface area contributed by atoms with Crippen molar-refractivity contribution in [2.24, 2.45) is 5.92 Å². The number of amides is 3. The summed E-state index contributed by atoms with van der Waals surface area (Å²) in [7, 11) is 0. The van der Waals surface area contributed by atoms with Crippen LogP contribution in [0.2, 0.25) is 0 Å². The molecule has 1 aromatic rings. The van der Waals surface area contributed by atoms with Gasteiger partial charge < -0.3 is 14.5 Å². The number of anilines is 1. The highest BCUT2D eigenvalue weighted by Gasteiger charge is 2.41. The molecule has 0 unspecified atom stereocenters. The summed E-state index contributed by atoms with van der Waals surface area (Å²) >= 11 is 0. The molecule has 7 nitrogen and oxygen atoms in total. The van der Waals surface area contributed by atoms with Crippen LogP contribution >= 0.6 is 0 Å². The lowest BCUT2D eigenvalue weighted by Crippen LogP contribution is -2.45. The van der Waals surface area contributed by atoms with Gasteiger partial charge in [-0.25, -0.2) is 0 Å². The lowest BCUT2D eigenvalue weighted by atomic mass is 9.94. The van der Waals surface area contributed by atoms with Gasteiger partial charge in [0, 0.05) is 32.8 Å². The Balaban J connectivity index is 1.34. The molecule has 0 aliphatic carbocycles. The monoisotopic (exact) mass is 439 g/mol. The number of fused-ring (bicyclic) bond motifs is 1. The van der Waals surface area contributed by atoms with E-state index in [-0.39, 0.29) is 29.7 Å². The Morgan fingerprint density at radius 2 is 1.75 bits per heavy atom. The van der Waals surface area contributed by atoms with E-state index >= 15 is 0 Å². The average Bonchev–Trinajstić information content (AvgIpc) is 3.30. The van der Waals surface area contributed by atoms with Gasteiger partial charge in [-0.05, 0) is 50.7 Å². The third-order valence-corrected chi connectivity index (χ3v) is 7.42. The second-order valence-electron chi connectivity index (χ2n) is 9.58. The van der Waals surface area contributed by atoms with E-state index in [9.17, 15) is 14.4 Å². The first-order chi connectivity index (χ1) is 15.6. The van der Waals surface area contributed by atoms with Crippen LogP contribution in [-0.4, -0.2) is 73.0 Å². The van der Waals surface area contributed by atoms with Crippen molar-refractivity contribution in [3.63, 3.8) is 0 Å². The van der Waals surface area contributed by atoms with Crippen LogP contribution in [0.1, 0.15) is 72.1 Å². The third-order valence-electron chi connectivity index (χ3n) is 7.42. The van der Waals surface area contributed by atoms with Crippen LogP contribution in [0.5, 0.6) is 0 Å². The number of ether oxygens (including phenoxy) is 1. The topological polar surface area (TPSA) is 70.2 Å². The summed E-state index contributed by atoms with van der Waals surface area (Å²) in [5.74, 6) is -0.242. The van der Waals surface area contributed by atoms with Gasteiger partial charge in [0.25, 0.3) is 11.8 Å². The van der Waals surface area contributed by atoms with Crippen molar-refractivity contribution in [2.75, 3.05) is 44.2 Å². The zero-order valence-corrected chi connectivity index (χ0v) is 18.8. The molecule has 3 fully saturated rings. The highest BCUT2D eigenvalue weighted by molar-refractivity contribution is 6.23. The standard InChI is InChI=1S/C25H33N3O4/c29-23(26-12-3-1-2-4-13-26)18-8-6-14-27(16-18)21-11-5-10-20-22(21)25(31)28(24(20)30)17-19-9-7-15-32-19/h5,10-11,18-19H,1-4,6-9,12-17H2/t18-,19-/m0/s1. The number of likely N-dealkylation sites (tertiary alicyclic amines) is 1. The number of imide groups is 1. The largest absolute Gasteiger partial charge is 0.376 e. The van der Waals surface area contributed by atoms with Gasteiger partial charge >= 0.3 is 0 Å². The van der Waals surface area contributed by atoms with E-state index in [2.05, 4.69) is 9.80 Å². The summed E-state index contributed by atoms with van der Waals surface area (Å²) in [4.78, 5) is 45.1. The van der Waals surface area contributed by atoms with Gasteiger partial charge in [0.2, 0.25) is 5.91 Å². The highest BCUT2D eigenvalue weighted by atomic mass is 16.5. The first-order valence-corrected chi connectivity index (χ1v) is 12.3. The second kappa shape index (κ2) is 9.22. The molecule has 3 amide bonds. The van der Waals surface area contributed by atoms with E-state index in [1.165, 1.54) is 17.7 Å². The maximum atomic E-state index is 13.3. The molecule has 4 aliphatic heterocycles. The van der Waals surface area contributed by atoms with E-state index in [0.717, 1.165) is 63.8 Å². The van der Waals surface area contributed by atoms with Crippen LogP contribution in [0.25, 0.3) is 0 Å². The van der Waals surface area contributed by atoms with Crippen LogP contribution in [-0.2, 0) is 9.53 Å². The number of carbonyl (C=O) groups excluding carboxylic acids is 3. The molecule has 1 aromatic carbocycles. The van der Waals surface area contributed by atoms with Crippen molar-refractivity contribution in [1.82, 2.24) is 9.80 Å². The maximum Gasteiger partial charge on any atom is 0.263 e. The van der Waals surface area contributed by atoms with Gasteiger partial charge in [-0.1, -0.05) is 18.9 Å². The molecule has 0 radical (unpaired) electrons. The Morgan fingerprint density at radius 3 is 2.50 bits per heavy atom. The molecule has 5 rings (SSSR count). The van der Waals surface area contributed by atoms with Crippen molar-refractivity contribution in [2.45, 2.75) is 57.5 Å². The first kappa shape index (κ1) is 21.4. The van der Waals surface area contributed by atoms with Crippen LogP contribution in [0.15, 0.2) is 18.2 Å². The van der Waals surface area contributed by atoms with E-state index in [1.54, 1.807) is 6.07 Å². The van der Waals surface area contributed by atoms with E-state index < -0.39 is 0 Å². The molecule has 0 saturated carbocycles. The summed E-state index contributed by atoms with van der Waals surface area (Å²) in [5.41, 5.74) is 1.77. The number of piperidine rings is 1. The van der Waals surface area contributed by atoms with Crippen molar-refractivity contribution in [1.29, 1.82) is 0 Å². The predicted octanol–water partition coefficient (Wildman–Crippen LogP) is 3.08. The molecule has 3 saturated heterocycles. The molecule has 4 aliphatic rings. The zero-order chi connectivity index (χ0) is 22.1. The molecule has 172 valence electrons. The van der Waals surface area contributed by atoms with Crippen LogP contribution in [0.3, 0.4) is 0 Å². The highest BCUT2D eigenvalue weighted by Crippen LogP contribution is 2.35. The molecule has 0 bridgehead atoms. The van der Waals surface area contributed by atoms with Gasteiger partial charge in [-0.3, -0.25) is 19.3 Å². The number of hydrogen-bond donors (Lipinski definition) is 0. The molecule has 0 spiro atoms. The Bertz CT molecular complexity index is 887. The fraction of sp³-hybridized carbons (Fsp3) is 0.640. The molecule has 4 heterocycles. The van der Waals surface area contributed by atoms with Crippen LogP contribution in [0.4, 0.5) is 5.69 Å². The second-order valence-corrected chi connectivity index (χ2v) is 9.58. The summed E-state index contributed by atoms with van der Waals surface area (Å²) in [6, 6.07) is 5.53. The summed E-state index contributed by atoms with van der Waals surface area (Å²) < 4.78 is 5.67. The minimum atomic E-state index is -0.225. The zero-order valence-electron chi connectivity index (χ0n) is 18.8. The maximum absolute atomic E-state index is 13.3. The molecule has 0 N–H and O–H groups in total. The molecule has 2 atom stereocenters. The molecule has 32 heavy (non-hydrogen) atoms. The lowest BCUT2D eigenvalue weighted by molar-refractivity contribution is -0.135. The number of nitrogens with zero attached hydrogens (tertiary/aromatic N) is 3. The van der Waals surface area contributed by atoms with Crippen molar-refractivity contribution >= 4 is 23.4 Å². The molecule has 7 heteroatoms. The minimum absolute atomic E-state index is 0.0482. The summed E-state index contributed by atoms with van der Waals surface area (Å²) in [6.07, 6.45) is 8.17. The van der Waals surface area contributed by atoms with Crippen LogP contribution < -0.4 is 4.90 Å². The van der Waals surface area contributed by atoms with E-state index in [0.29, 0.717) is 30.8 Å². The van der Waals surface area contributed by atoms with Gasteiger partial charge in [0.1, 0.15) is 0 Å². The van der Waals surface area contributed by atoms with E-state index in [4.69, 9.17) is 4.74 Å². The van der Waals surface area contributed by atoms with Crippen molar-refractivity contribution < 1.29 is 19.1 Å². The Labute approximate surface area is 189 Å². The Hall–Kier alpha value is -2.41. The SMILES string of the molecule is O=C([C@H]1CCCN(c2cccc3c2C(=O)N(C[C@@H]2CCCO2)C3=O)C1)N1CCCCCC1. The Morgan fingerprint density at radius 1 is 0.938 bits per heavy atom. The van der Waals surface area contributed by atoms with Crippen LogP contribution in [0, 0.1) is 5.92 Å². The van der Waals surface area contributed by atoms with Crippen molar-refractivity contribution in [3.05, 3.63) is 29.3 Å². The van der Waals surface area contributed by atoms with Crippen molar-refractivity contribution in [3.8, 4) is 0 Å². The van der Waals surface area contributed by atoms with Gasteiger partial charge in [0.15, 0.2) is 0 Å². The fourth-order valence-electron chi connectivity index (χ4n) is 5.68. The third kappa shape index (κ3) is 4.03. The summed E-state index contributed by atoms with van der Waals surface area (Å²) in [6.45, 7) is 4.15. The van der Waals surface area contributed by atoms with E-state index in [1.807, 2.05) is 12.1 Å². The van der Waals surface area contributed by atoms with Gasteiger partial charge in [-0.15, -0.1) is 0 Å². The summed E-state index contributed by atoms with van der Waals surface area (Å²) in [5, 5.41) is 0. The normalized spacial score (nSPS) is 26.4.